The van der Waals surface area contributed by atoms with Gasteiger partial charge in [0.25, 0.3) is 0 Å². The molecule has 0 aliphatic carbocycles. The third-order valence-electron chi connectivity index (χ3n) is 6.55. The van der Waals surface area contributed by atoms with Crippen LogP contribution in [-0.2, 0) is 0 Å². The summed E-state index contributed by atoms with van der Waals surface area (Å²) in [6.45, 7) is 7.49. The SMILES string of the molecule is COc1ccc(N2CCC(N3CCC4(CCNCC4)C3)CC2)cc1. The molecule has 24 heavy (non-hydrogen) atoms. The number of hydrogen-bond donors (Lipinski definition) is 1. The van der Waals surface area contributed by atoms with E-state index in [9.17, 15) is 0 Å². The first-order chi connectivity index (χ1) is 11.8. The highest BCUT2D eigenvalue weighted by molar-refractivity contribution is 5.49. The fourth-order valence-corrected chi connectivity index (χ4v) is 4.93. The van der Waals surface area contributed by atoms with Crippen molar-refractivity contribution in [2.45, 2.75) is 38.1 Å². The van der Waals surface area contributed by atoms with Gasteiger partial charge in [-0.3, -0.25) is 4.90 Å². The van der Waals surface area contributed by atoms with E-state index >= 15 is 0 Å². The van der Waals surface area contributed by atoms with Gasteiger partial charge in [0.1, 0.15) is 5.75 Å². The molecule has 1 aromatic rings. The van der Waals surface area contributed by atoms with Crippen LogP contribution in [0.5, 0.6) is 5.75 Å². The van der Waals surface area contributed by atoms with E-state index in [4.69, 9.17) is 4.74 Å². The van der Waals surface area contributed by atoms with Gasteiger partial charge in [0.05, 0.1) is 7.11 Å². The minimum atomic E-state index is 0.637. The van der Waals surface area contributed by atoms with E-state index in [0.717, 1.165) is 11.8 Å². The molecular formula is C20H31N3O. The molecule has 0 bridgehead atoms. The molecule has 4 rings (SSSR count). The summed E-state index contributed by atoms with van der Waals surface area (Å²) >= 11 is 0. The van der Waals surface area contributed by atoms with Crippen LogP contribution in [0.4, 0.5) is 5.69 Å². The van der Waals surface area contributed by atoms with Crippen molar-refractivity contribution in [1.29, 1.82) is 0 Å². The normalized spacial score (nSPS) is 25.3. The molecule has 0 saturated carbocycles. The van der Waals surface area contributed by atoms with Crippen LogP contribution >= 0.6 is 0 Å². The predicted molar refractivity (Wildman–Crippen MR) is 99.0 cm³/mol. The highest BCUT2D eigenvalue weighted by Crippen LogP contribution is 2.40. The number of nitrogens with one attached hydrogen (secondary N) is 1. The lowest BCUT2D eigenvalue weighted by Gasteiger charge is -2.39. The Labute approximate surface area is 146 Å². The maximum atomic E-state index is 5.27. The van der Waals surface area contributed by atoms with Gasteiger partial charge >= 0.3 is 0 Å². The fourth-order valence-electron chi connectivity index (χ4n) is 4.93. The molecule has 132 valence electrons. The van der Waals surface area contributed by atoms with E-state index in [2.05, 4.69) is 39.4 Å². The zero-order valence-corrected chi connectivity index (χ0v) is 15.0. The number of benzene rings is 1. The minimum Gasteiger partial charge on any atom is -0.497 e. The molecule has 3 heterocycles. The largest absolute Gasteiger partial charge is 0.497 e. The van der Waals surface area contributed by atoms with Gasteiger partial charge in [-0.25, -0.2) is 0 Å². The van der Waals surface area contributed by atoms with Gasteiger partial charge in [-0.2, -0.15) is 0 Å². The molecule has 0 atom stereocenters. The molecule has 0 amide bonds. The molecule has 0 aromatic heterocycles. The fraction of sp³-hybridized carbons (Fsp3) is 0.700. The second kappa shape index (κ2) is 6.93. The Morgan fingerprint density at radius 1 is 1.00 bits per heavy atom. The number of piperidine rings is 2. The second-order valence-corrected chi connectivity index (χ2v) is 7.89. The molecule has 1 N–H and O–H groups in total. The van der Waals surface area contributed by atoms with Crippen molar-refractivity contribution in [2.24, 2.45) is 5.41 Å². The van der Waals surface area contributed by atoms with Gasteiger partial charge in [0, 0.05) is 31.4 Å². The van der Waals surface area contributed by atoms with Gasteiger partial charge in [-0.1, -0.05) is 0 Å². The van der Waals surface area contributed by atoms with Crippen molar-refractivity contribution in [3.8, 4) is 5.75 Å². The molecule has 0 radical (unpaired) electrons. The van der Waals surface area contributed by atoms with Gasteiger partial charge < -0.3 is 15.0 Å². The highest BCUT2D eigenvalue weighted by atomic mass is 16.5. The predicted octanol–water partition coefficient (Wildman–Crippen LogP) is 2.74. The third-order valence-corrected chi connectivity index (χ3v) is 6.55. The van der Waals surface area contributed by atoms with Crippen molar-refractivity contribution in [3.63, 3.8) is 0 Å². The Morgan fingerprint density at radius 2 is 1.71 bits per heavy atom. The average molecular weight is 329 g/mol. The first kappa shape index (κ1) is 16.2. The van der Waals surface area contributed by atoms with Crippen LogP contribution in [-0.4, -0.2) is 57.3 Å². The summed E-state index contributed by atoms with van der Waals surface area (Å²) in [5.41, 5.74) is 1.98. The number of likely N-dealkylation sites (tertiary alicyclic amines) is 1. The molecule has 4 nitrogen and oxygen atoms in total. The maximum Gasteiger partial charge on any atom is 0.119 e. The molecule has 3 aliphatic heterocycles. The van der Waals surface area contributed by atoms with E-state index in [1.165, 1.54) is 77.1 Å². The van der Waals surface area contributed by atoms with Crippen molar-refractivity contribution >= 4 is 5.69 Å². The Balaban J connectivity index is 1.31. The molecule has 4 heteroatoms. The Bertz CT molecular complexity index is 530. The van der Waals surface area contributed by atoms with Crippen LogP contribution < -0.4 is 15.0 Å². The third kappa shape index (κ3) is 3.27. The molecule has 0 unspecified atom stereocenters. The van der Waals surface area contributed by atoms with E-state index in [1.807, 2.05) is 0 Å². The van der Waals surface area contributed by atoms with Gasteiger partial charge in [-0.15, -0.1) is 0 Å². The molecule has 3 aliphatic rings. The van der Waals surface area contributed by atoms with Crippen LogP contribution in [0, 0.1) is 5.41 Å². The van der Waals surface area contributed by atoms with Crippen molar-refractivity contribution in [3.05, 3.63) is 24.3 Å². The maximum absolute atomic E-state index is 5.27. The van der Waals surface area contributed by atoms with Crippen LogP contribution in [0.1, 0.15) is 32.1 Å². The Hall–Kier alpha value is -1.26. The number of nitrogens with zero attached hydrogens (tertiary/aromatic N) is 2. The quantitative estimate of drug-likeness (QED) is 0.923. The summed E-state index contributed by atoms with van der Waals surface area (Å²) in [6.07, 6.45) is 6.80. The summed E-state index contributed by atoms with van der Waals surface area (Å²) in [5.74, 6) is 0.943. The lowest BCUT2D eigenvalue weighted by molar-refractivity contribution is 0.154. The summed E-state index contributed by atoms with van der Waals surface area (Å²) in [7, 11) is 1.73. The Kier molecular flexibility index (Phi) is 4.68. The van der Waals surface area contributed by atoms with Gasteiger partial charge in [0.2, 0.25) is 0 Å². The average Bonchev–Trinajstić information content (AvgIpc) is 3.06. The summed E-state index contributed by atoms with van der Waals surface area (Å²) in [4.78, 5) is 5.35. The zero-order chi connectivity index (χ0) is 16.4. The van der Waals surface area contributed by atoms with Gasteiger partial charge in [-0.05, 0) is 81.4 Å². The van der Waals surface area contributed by atoms with Crippen LogP contribution in [0.3, 0.4) is 0 Å². The van der Waals surface area contributed by atoms with E-state index in [-0.39, 0.29) is 0 Å². The topological polar surface area (TPSA) is 27.7 Å². The number of hydrogen-bond acceptors (Lipinski definition) is 4. The second-order valence-electron chi connectivity index (χ2n) is 7.89. The van der Waals surface area contributed by atoms with Gasteiger partial charge in [0.15, 0.2) is 0 Å². The Morgan fingerprint density at radius 3 is 2.38 bits per heavy atom. The van der Waals surface area contributed by atoms with Crippen molar-refractivity contribution in [2.75, 3.05) is 51.3 Å². The first-order valence-corrected chi connectivity index (χ1v) is 9.62. The monoisotopic (exact) mass is 329 g/mol. The van der Waals surface area contributed by atoms with E-state index in [0.29, 0.717) is 5.41 Å². The molecule has 1 spiro atoms. The molecule has 3 saturated heterocycles. The zero-order valence-electron chi connectivity index (χ0n) is 15.0. The lowest BCUT2D eigenvalue weighted by atomic mass is 9.78. The van der Waals surface area contributed by atoms with E-state index in [1.54, 1.807) is 7.11 Å². The molecule has 1 aromatic carbocycles. The van der Waals surface area contributed by atoms with Crippen molar-refractivity contribution < 1.29 is 4.74 Å². The van der Waals surface area contributed by atoms with Crippen molar-refractivity contribution in [1.82, 2.24) is 10.2 Å². The number of anilines is 1. The first-order valence-electron chi connectivity index (χ1n) is 9.62. The van der Waals surface area contributed by atoms with E-state index < -0.39 is 0 Å². The number of ether oxygens (including phenoxy) is 1. The number of methoxy groups -OCH3 is 1. The summed E-state index contributed by atoms with van der Waals surface area (Å²) < 4.78 is 5.27. The highest BCUT2D eigenvalue weighted by Gasteiger charge is 2.41. The summed E-state index contributed by atoms with van der Waals surface area (Å²) in [6, 6.07) is 9.33. The molecule has 3 fully saturated rings. The minimum absolute atomic E-state index is 0.637. The smallest absolute Gasteiger partial charge is 0.119 e. The number of rotatable bonds is 3. The lowest BCUT2D eigenvalue weighted by Crippen LogP contribution is -2.46. The van der Waals surface area contributed by atoms with Crippen LogP contribution in [0.2, 0.25) is 0 Å². The standard InChI is InChI=1S/C20H31N3O/c1-24-19-4-2-17(3-5-19)22-13-6-18(7-14-22)23-15-10-20(16-23)8-11-21-12-9-20/h2-5,18,21H,6-16H2,1H3. The summed E-state index contributed by atoms with van der Waals surface area (Å²) in [5, 5.41) is 3.53. The van der Waals surface area contributed by atoms with Crippen LogP contribution in [0.25, 0.3) is 0 Å². The van der Waals surface area contributed by atoms with Crippen LogP contribution in [0.15, 0.2) is 24.3 Å². The molecular weight excluding hydrogens is 298 g/mol.